The molecule has 1 aromatic carbocycles. The molecule has 132 valence electrons. The summed E-state index contributed by atoms with van der Waals surface area (Å²) in [6.07, 6.45) is 0.972. The molecule has 3 atom stereocenters. The first-order chi connectivity index (χ1) is 11.5. The highest BCUT2D eigenvalue weighted by molar-refractivity contribution is 6.01. The van der Waals surface area contributed by atoms with Crippen LogP contribution in [0.1, 0.15) is 32.3 Å². The highest BCUT2D eigenvalue weighted by Gasteiger charge is 2.27. The van der Waals surface area contributed by atoms with Gasteiger partial charge in [0.05, 0.1) is 12.8 Å². The van der Waals surface area contributed by atoms with Crippen LogP contribution in [0.5, 0.6) is 11.5 Å². The van der Waals surface area contributed by atoms with Crippen LogP contribution in [0.4, 0.5) is 0 Å². The zero-order valence-corrected chi connectivity index (χ0v) is 14.2. The molecule has 0 amide bonds. The van der Waals surface area contributed by atoms with E-state index >= 15 is 0 Å². The molecule has 0 saturated carbocycles. The molecule has 0 saturated heterocycles. The molecule has 2 rings (SSSR count). The number of oxime groups is 1. The first-order valence-electron chi connectivity index (χ1n) is 7.98. The van der Waals surface area contributed by atoms with E-state index in [0.29, 0.717) is 17.9 Å². The zero-order valence-electron chi connectivity index (χ0n) is 14.2. The number of hydrogen-bond acceptors (Lipinski definition) is 7. The molecule has 0 radical (unpaired) electrons. The minimum absolute atomic E-state index is 0.0604. The van der Waals surface area contributed by atoms with E-state index in [4.69, 9.17) is 20.0 Å². The van der Waals surface area contributed by atoms with E-state index in [-0.39, 0.29) is 24.4 Å². The Hall–Kier alpha value is -2.28. The number of phenols is 1. The van der Waals surface area contributed by atoms with Crippen molar-refractivity contribution in [2.24, 2.45) is 16.8 Å². The number of carbonyl (C=O) groups excluding carboxylic acids is 1. The molecule has 0 fully saturated rings. The summed E-state index contributed by atoms with van der Waals surface area (Å²) >= 11 is 0. The highest BCUT2D eigenvalue weighted by Crippen LogP contribution is 2.28. The minimum Gasteiger partial charge on any atom is -0.504 e. The Morgan fingerprint density at radius 1 is 1.54 bits per heavy atom. The van der Waals surface area contributed by atoms with Crippen LogP contribution in [0, 0.1) is 5.92 Å². The van der Waals surface area contributed by atoms with Gasteiger partial charge in [0.1, 0.15) is 12.6 Å². The van der Waals surface area contributed by atoms with Gasteiger partial charge in [0.25, 0.3) is 0 Å². The fourth-order valence-electron chi connectivity index (χ4n) is 2.30. The number of methoxy groups -OCH3 is 1. The van der Waals surface area contributed by atoms with E-state index < -0.39 is 12.0 Å². The first kappa shape index (κ1) is 18.1. The number of aromatic hydroxyl groups is 1. The van der Waals surface area contributed by atoms with Gasteiger partial charge in [-0.25, -0.2) is 0 Å². The summed E-state index contributed by atoms with van der Waals surface area (Å²) in [4.78, 5) is 17.2. The third-order valence-electron chi connectivity index (χ3n) is 4.19. The second-order valence-electron chi connectivity index (χ2n) is 5.90. The lowest BCUT2D eigenvalue weighted by Crippen LogP contribution is -2.39. The number of rotatable bonds is 7. The predicted octanol–water partition coefficient (Wildman–Crippen LogP) is 1.81. The quantitative estimate of drug-likeness (QED) is 0.736. The Labute approximate surface area is 141 Å². The Balaban J connectivity index is 1.88. The van der Waals surface area contributed by atoms with Gasteiger partial charge in [0, 0.05) is 12.0 Å². The van der Waals surface area contributed by atoms with Gasteiger partial charge in [0.15, 0.2) is 17.6 Å². The maximum atomic E-state index is 11.9. The molecule has 0 bridgehead atoms. The van der Waals surface area contributed by atoms with Gasteiger partial charge in [-0.3, -0.25) is 4.79 Å². The normalized spacial score (nSPS) is 19.2. The SMILES string of the molecule is CC[C@H](C)[C@H](N)C(=O)OCC1CC(c2ccc(O)c(OC)c2)=NO1. The maximum absolute atomic E-state index is 11.9. The Bertz CT molecular complexity index is 617. The van der Waals surface area contributed by atoms with Crippen LogP contribution in [0.3, 0.4) is 0 Å². The zero-order chi connectivity index (χ0) is 17.7. The van der Waals surface area contributed by atoms with Gasteiger partial charge < -0.3 is 25.2 Å². The van der Waals surface area contributed by atoms with Gasteiger partial charge in [-0.05, 0) is 24.1 Å². The summed E-state index contributed by atoms with van der Waals surface area (Å²) in [7, 11) is 1.48. The molecule has 24 heavy (non-hydrogen) atoms. The maximum Gasteiger partial charge on any atom is 0.323 e. The molecule has 1 aliphatic heterocycles. The van der Waals surface area contributed by atoms with Crippen molar-refractivity contribution in [3.05, 3.63) is 23.8 Å². The van der Waals surface area contributed by atoms with Crippen molar-refractivity contribution in [3.63, 3.8) is 0 Å². The molecule has 1 heterocycles. The smallest absolute Gasteiger partial charge is 0.323 e. The topological polar surface area (TPSA) is 103 Å². The van der Waals surface area contributed by atoms with Gasteiger partial charge in [-0.1, -0.05) is 25.4 Å². The Morgan fingerprint density at radius 3 is 2.96 bits per heavy atom. The molecule has 7 nitrogen and oxygen atoms in total. The van der Waals surface area contributed by atoms with Crippen molar-refractivity contribution in [1.82, 2.24) is 0 Å². The van der Waals surface area contributed by atoms with E-state index in [0.717, 1.165) is 12.0 Å². The summed E-state index contributed by atoms with van der Waals surface area (Å²) in [5.41, 5.74) is 7.33. The van der Waals surface area contributed by atoms with Crippen LogP contribution in [0.25, 0.3) is 0 Å². The average Bonchev–Trinajstić information content (AvgIpc) is 3.07. The molecular formula is C17H24N2O5. The summed E-state index contributed by atoms with van der Waals surface area (Å²) in [6.45, 7) is 3.99. The van der Waals surface area contributed by atoms with Gasteiger partial charge >= 0.3 is 5.97 Å². The van der Waals surface area contributed by atoms with Crippen molar-refractivity contribution in [2.45, 2.75) is 38.8 Å². The Kier molecular flexibility index (Phi) is 6.03. The van der Waals surface area contributed by atoms with Crippen LogP contribution < -0.4 is 10.5 Å². The summed E-state index contributed by atoms with van der Waals surface area (Å²) < 4.78 is 10.3. The number of ether oxygens (including phenoxy) is 2. The number of hydrogen-bond donors (Lipinski definition) is 2. The number of nitrogens with two attached hydrogens (primary N) is 1. The fraction of sp³-hybridized carbons (Fsp3) is 0.529. The van der Waals surface area contributed by atoms with Gasteiger partial charge in [0.2, 0.25) is 0 Å². The summed E-state index contributed by atoms with van der Waals surface area (Å²) in [5.74, 6) is 0.0702. The van der Waals surface area contributed by atoms with Crippen LogP contribution in [0.2, 0.25) is 0 Å². The van der Waals surface area contributed by atoms with E-state index in [1.54, 1.807) is 12.1 Å². The third kappa shape index (κ3) is 4.17. The lowest BCUT2D eigenvalue weighted by molar-refractivity contribution is -0.150. The van der Waals surface area contributed by atoms with Crippen molar-refractivity contribution < 1.29 is 24.2 Å². The van der Waals surface area contributed by atoms with Crippen LogP contribution in [-0.2, 0) is 14.4 Å². The van der Waals surface area contributed by atoms with E-state index in [1.807, 2.05) is 13.8 Å². The van der Waals surface area contributed by atoms with E-state index in [1.165, 1.54) is 13.2 Å². The molecule has 1 aromatic rings. The van der Waals surface area contributed by atoms with Crippen LogP contribution in [0.15, 0.2) is 23.4 Å². The molecule has 0 aliphatic carbocycles. The number of nitrogens with zero attached hydrogens (tertiary/aromatic N) is 1. The predicted molar refractivity (Wildman–Crippen MR) is 89.1 cm³/mol. The van der Waals surface area contributed by atoms with Crippen molar-refractivity contribution in [3.8, 4) is 11.5 Å². The number of esters is 1. The third-order valence-corrected chi connectivity index (χ3v) is 4.19. The molecule has 0 aromatic heterocycles. The highest BCUT2D eigenvalue weighted by atomic mass is 16.7. The molecule has 3 N–H and O–H groups in total. The molecule has 7 heteroatoms. The van der Waals surface area contributed by atoms with Crippen molar-refractivity contribution in [2.75, 3.05) is 13.7 Å². The Morgan fingerprint density at radius 2 is 2.29 bits per heavy atom. The van der Waals surface area contributed by atoms with E-state index in [9.17, 15) is 9.90 Å². The van der Waals surface area contributed by atoms with Gasteiger partial charge in [-0.2, -0.15) is 0 Å². The van der Waals surface area contributed by atoms with E-state index in [2.05, 4.69) is 5.16 Å². The van der Waals surface area contributed by atoms with Gasteiger partial charge in [-0.15, -0.1) is 0 Å². The number of benzene rings is 1. The number of phenolic OH excluding ortho intramolecular Hbond substituents is 1. The lowest BCUT2D eigenvalue weighted by atomic mass is 10.0. The molecule has 1 aliphatic rings. The second kappa shape index (κ2) is 8.01. The summed E-state index contributed by atoms with van der Waals surface area (Å²) in [6, 6.07) is 4.32. The largest absolute Gasteiger partial charge is 0.504 e. The monoisotopic (exact) mass is 336 g/mol. The van der Waals surface area contributed by atoms with Crippen molar-refractivity contribution >= 4 is 11.7 Å². The van der Waals surface area contributed by atoms with Crippen molar-refractivity contribution in [1.29, 1.82) is 0 Å². The molecule has 1 unspecified atom stereocenters. The van der Waals surface area contributed by atoms with Crippen LogP contribution in [-0.4, -0.2) is 42.7 Å². The lowest BCUT2D eigenvalue weighted by Gasteiger charge is -2.17. The second-order valence-corrected chi connectivity index (χ2v) is 5.90. The molecular weight excluding hydrogens is 312 g/mol. The standard InChI is InChI=1S/C17H24N2O5/c1-4-10(2)16(18)17(21)23-9-12-8-13(19-24-12)11-5-6-14(20)15(7-11)22-3/h5-7,10,12,16,20H,4,8-9,18H2,1-3H3/t10-,12?,16-/m0/s1. The fourth-order valence-corrected chi connectivity index (χ4v) is 2.30. The summed E-state index contributed by atoms with van der Waals surface area (Å²) in [5, 5.41) is 13.7. The van der Waals surface area contributed by atoms with Crippen LogP contribution >= 0.6 is 0 Å². The first-order valence-corrected chi connectivity index (χ1v) is 7.98. The molecule has 0 spiro atoms. The average molecular weight is 336 g/mol. The number of carbonyl (C=O) groups is 1. The minimum atomic E-state index is -0.627.